The molecule has 3 heterocycles. The number of anilines is 1. The molecule has 0 saturated carbocycles. The van der Waals surface area contributed by atoms with Crippen LogP contribution in [-0.2, 0) is 11.8 Å². The monoisotopic (exact) mass is 349 g/mol. The maximum absolute atomic E-state index is 12.6. The molecule has 1 fully saturated rings. The molecule has 8 nitrogen and oxygen atoms in total. The molecule has 2 aromatic heterocycles. The van der Waals surface area contributed by atoms with E-state index < -0.39 is 0 Å². The summed E-state index contributed by atoms with van der Waals surface area (Å²) < 4.78 is 7.15. The Morgan fingerprint density at radius 1 is 1.50 bits per heavy atom. The van der Waals surface area contributed by atoms with Crippen LogP contribution in [0.15, 0.2) is 22.7 Å². The highest BCUT2D eigenvalue weighted by Gasteiger charge is 2.27. The van der Waals surface area contributed by atoms with Crippen LogP contribution in [0.3, 0.4) is 0 Å². The Balaban J connectivity index is 1.62. The molecule has 0 aromatic carbocycles. The largest absolute Gasteiger partial charge is 0.373 e. The number of aryl methyl sites for hydroxylation is 2. The Morgan fingerprint density at radius 2 is 2.33 bits per heavy atom. The number of hydrogen-bond acceptors (Lipinski definition) is 7. The summed E-state index contributed by atoms with van der Waals surface area (Å²) >= 11 is 1.35. The van der Waals surface area contributed by atoms with Crippen LogP contribution in [-0.4, -0.2) is 57.7 Å². The summed E-state index contributed by atoms with van der Waals surface area (Å²) in [6.07, 6.45) is 2.97. The second-order valence-electron chi connectivity index (χ2n) is 5.58. The van der Waals surface area contributed by atoms with Crippen LogP contribution in [0.25, 0.3) is 0 Å². The fourth-order valence-corrected chi connectivity index (χ4v) is 3.28. The topological polar surface area (TPSA) is 89.3 Å². The summed E-state index contributed by atoms with van der Waals surface area (Å²) in [6, 6.07) is 0. The van der Waals surface area contributed by atoms with E-state index in [-0.39, 0.29) is 23.4 Å². The zero-order valence-electron chi connectivity index (χ0n) is 13.6. The number of ether oxygens (including phenoxy) is 1. The van der Waals surface area contributed by atoms with Crippen molar-refractivity contribution in [2.24, 2.45) is 7.05 Å². The maximum Gasteiger partial charge on any atom is 0.293 e. The predicted molar refractivity (Wildman–Crippen MR) is 90.5 cm³/mol. The van der Waals surface area contributed by atoms with Gasteiger partial charge in [-0.1, -0.05) is 0 Å². The van der Waals surface area contributed by atoms with Gasteiger partial charge in [0.2, 0.25) is 0 Å². The van der Waals surface area contributed by atoms with Gasteiger partial charge in [-0.15, -0.1) is 11.3 Å². The van der Waals surface area contributed by atoms with E-state index in [1.165, 1.54) is 15.9 Å². The predicted octanol–water partition coefficient (Wildman–Crippen LogP) is 0.498. The average molecular weight is 349 g/mol. The zero-order chi connectivity index (χ0) is 17.1. The first-order chi connectivity index (χ1) is 11.6. The summed E-state index contributed by atoms with van der Waals surface area (Å²) in [5.41, 5.74) is 2.24. The van der Waals surface area contributed by atoms with E-state index >= 15 is 0 Å². The van der Waals surface area contributed by atoms with Gasteiger partial charge in [0.1, 0.15) is 4.88 Å². The lowest BCUT2D eigenvalue weighted by atomic mass is 10.2. The van der Waals surface area contributed by atoms with E-state index in [4.69, 9.17) is 4.74 Å². The van der Waals surface area contributed by atoms with Crippen molar-refractivity contribution >= 4 is 23.1 Å². The van der Waals surface area contributed by atoms with Crippen molar-refractivity contribution in [3.8, 4) is 0 Å². The van der Waals surface area contributed by atoms with Crippen molar-refractivity contribution in [1.29, 1.82) is 0 Å². The van der Waals surface area contributed by atoms with Gasteiger partial charge in [0, 0.05) is 39.1 Å². The van der Waals surface area contributed by atoms with Gasteiger partial charge in [0.25, 0.3) is 11.5 Å². The van der Waals surface area contributed by atoms with Gasteiger partial charge in [0.15, 0.2) is 5.82 Å². The Bertz CT molecular complexity index is 787. The fourth-order valence-electron chi connectivity index (χ4n) is 2.51. The molecule has 1 amide bonds. The molecule has 0 radical (unpaired) electrons. The van der Waals surface area contributed by atoms with E-state index in [0.717, 1.165) is 5.69 Å². The molecular weight excluding hydrogens is 330 g/mol. The molecule has 3 rings (SSSR count). The number of hydrogen-bond donors (Lipinski definition) is 1. The molecule has 1 aliphatic rings. The van der Waals surface area contributed by atoms with Crippen LogP contribution in [0.5, 0.6) is 0 Å². The van der Waals surface area contributed by atoms with Gasteiger partial charge in [-0.2, -0.15) is 0 Å². The van der Waals surface area contributed by atoms with Crippen molar-refractivity contribution in [2.45, 2.75) is 13.0 Å². The van der Waals surface area contributed by atoms with Crippen molar-refractivity contribution in [2.75, 3.05) is 31.6 Å². The summed E-state index contributed by atoms with van der Waals surface area (Å²) in [7, 11) is 1.67. The van der Waals surface area contributed by atoms with Crippen LogP contribution in [0.1, 0.15) is 15.4 Å². The second-order valence-corrected chi connectivity index (χ2v) is 6.44. The Hall–Kier alpha value is -2.26. The van der Waals surface area contributed by atoms with Gasteiger partial charge in [-0.05, 0) is 6.92 Å². The molecule has 128 valence electrons. The molecule has 0 bridgehead atoms. The average Bonchev–Trinajstić information content (AvgIpc) is 3.02. The number of amides is 1. The summed E-state index contributed by atoms with van der Waals surface area (Å²) in [6.45, 7) is 3.74. The quantitative estimate of drug-likeness (QED) is 0.864. The lowest BCUT2D eigenvalue weighted by Gasteiger charge is -2.32. The molecular formula is C15H19N5O3S. The normalized spacial score (nSPS) is 17.8. The number of morpholine rings is 1. The van der Waals surface area contributed by atoms with Crippen LogP contribution >= 0.6 is 11.3 Å². The van der Waals surface area contributed by atoms with Crippen molar-refractivity contribution in [3.63, 3.8) is 0 Å². The first kappa shape index (κ1) is 16.6. The van der Waals surface area contributed by atoms with Gasteiger partial charge < -0.3 is 19.5 Å². The SMILES string of the molecule is Cc1ncsc1C(=O)N1CCO[C@@H](CNc2nccn(C)c2=O)C1. The van der Waals surface area contributed by atoms with Crippen LogP contribution in [0.4, 0.5) is 5.82 Å². The number of nitrogens with zero attached hydrogens (tertiary/aromatic N) is 4. The number of carbonyl (C=O) groups is 1. The molecule has 0 spiro atoms. The van der Waals surface area contributed by atoms with Gasteiger partial charge in [-0.25, -0.2) is 9.97 Å². The number of carbonyl (C=O) groups excluding carboxylic acids is 1. The third-order valence-corrected chi connectivity index (χ3v) is 4.80. The Labute approximate surface area is 143 Å². The number of nitrogens with one attached hydrogen (secondary N) is 1. The minimum atomic E-state index is -0.193. The molecule has 0 aliphatic carbocycles. The van der Waals surface area contributed by atoms with Crippen molar-refractivity contribution in [3.05, 3.63) is 38.8 Å². The lowest BCUT2D eigenvalue weighted by molar-refractivity contribution is -0.0148. The van der Waals surface area contributed by atoms with Gasteiger partial charge >= 0.3 is 0 Å². The molecule has 1 atom stereocenters. The van der Waals surface area contributed by atoms with E-state index in [2.05, 4.69) is 15.3 Å². The molecule has 1 aliphatic heterocycles. The number of aromatic nitrogens is 3. The third kappa shape index (κ3) is 3.46. The maximum atomic E-state index is 12.6. The van der Waals surface area contributed by atoms with Crippen LogP contribution < -0.4 is 10.9 Å². The summed E-state index contributed by atoms with van der Waals surface area (Å²) in [5, 5.41) is 3.01. The van der Waals surface area contributed by atoms with E-state index in [1.54, 1.807) is 29.9 Å². The molecule has 1 saturated heterocycles. The zero-order valence-corrected chi connectivity index (χ0v) is 14.4. The van der Waals surface area contributed by atoms with Gasteiger partial charge in [0.05, 0.1) is 23.9 Å². The first-order valence-corrected chi connectivity index (χ1v) is 8.50. The Kier molecular flexibility index (Phi) is 4.91. The Morgan fingerprint density at radius 3 is 3.08 bits per heavy atom. The van der Waals surface area contributed by atoms with E-state index in [0.29, 0.717) is 31.1 Å². The van der Waals surface area contributed by atoms with Crippen LogP contribution in [0, 0.1) is 6.92 Å². The standard InChI is InChI=1S/C15H19N5O3S/c1-10-12(24-9-18-10)14(21)20-5-6-23-11(8-20)7-17-13-15(22)19(2)4-3-16-13/h3-4,9,11H,5-8H2,1-2H3,(H,16,17)/t11-/m0/s1. The molecule has 2 aromatic rings. The third-order valence-electron chi connectivity index (χ3n) is 3.88. The molecule has 24 heavy (non-hydrogen) atoms. The smallest absolute Gasteiger partial charge is 0.293 e. The first-order valence-electron chi connectivity index (χ1n) is 7.62. The minimum absolute atomic E-state index is 0.0166. The van der Waals surface area contributed by atoms with E-state index in [1.807, 2.05) is 6.92 Å². The highest BCUT2D eigenvalue weighted by atomic mass is 32.1. The van der Waals surface area contributed by atoms with Crippen molar-refractivity contribution < 1.29 is 9.53 Å². The summed E-state index contributed by atoms with van der Waals surface area (Å²) in [4.78, 5) is 35.1. The second kappa shape index (κ2) is 7.10. The highest BCUT2D eigenvalue weighted by Crippen LogP contribution is 2.17. The van der Waals surface area contributed by atoms with Crippen molar-refractivity contribution in [1.82, 2.24) is 19.4 Å². The molecule has 0 unspecified atom stereocenters. The van der Waals surface area contributed by atoms with Gasteiger partial charge in [-0.3, -0.25) is 9.59 Å². The molecule has 9 heteroatoms. The minimum Gasteiger partial charge on any atom is -0.373 e. The lowest BCUT2D eigenvalue weighted by Crippen LogP contribution is -2.48. The molecule has 1 N–H and O–H groups in total. The highest BCUT2D eigenvalue weighted by molar-refractivity contribution is 7.11. The fraction of sp³-hybridized carbons (Fsp3) is 0.467. The number of thiazole rings is 1. The van der Waals surface area contributed by atoms with E-state index in [9.17, 15) is 9.59 Å². The number of rotatable bonds is 4. The summed E-state index contributed by atoms with van der Waals surface area (Å²) in [5.74, 6) is 0.266. The van der Waals surface area contributed by atoms with Crippen LogP contribution in [0.2, 0.25) is 0 Å².